The number of halogens is 1. The topological polar surface area (TPSA) is 68.5 Å². The molecule has 4 rings (SSSR count). The van der Waals surface area contributed by atoms with E-state index in [0.717, 1.165) is 17.5 Å². The van der Waals surface area contributed by atoms with Gasteiger partial charge in [0.25, 0.3) is 0 Å². The summed E-state index contributed by atoms with van der Waals surface area (Å²) in [6.45, 7) is 4.88. The summed E-state index contributed by atoms with van der Waals surface area (Å²) in [6.07, 6.45) is 7.81. The minimum atomic E-state index is 0.479. The maximum atomic E-state index is 6.38. The Morgan fingerprint density at radius 3 is 2.67 bits per heavy atom. The molecule has 0 aliphatic heterocycles. The lowest BCUT2D eigenvalue weighted by atomic mass is 10.1. The standard InChI is InChI=1S/C20H19ClN6/c1-13-9-17-18(10-14(13)2)27(12-25-17)19-16(21)11-24-20(26-19)23-8-5-15-3-6-22-7-4-15/h3-4,6-7,9-12H,5,8H2,1-2H3,(H,23,24,26). The van der Waals surface area contributed by atoms with Gasteiger partial charge in [-0.1, -0.05) is 11.6 Å². The van der Waals surface area contributed by atoms with Crippen LogP contribution in [0.5, 0.6) is 0 Å². The highest BCUT2D eigenvalue weighted by Crippen LogP contribution is 2.25. The van der Waals surface area contributed by atoms with Crippen LogP contribution >= 0.6 is 11.6 Å². The van der Waals surface area contributed by atoms with Gasteiger partial charge >= 0.3 is 0 Å². The molecule has 0 fully saturated rings. The van der Waals surface area contributed by atoms with Crippen LogP contribution < -0.4 is 5.32 Å². The number of aryl methyl sites for hydroxylation is 2. The molecular weight excluding hydrogens is 360 g/mol. The Hall–Kier alpha value is -2.99. The molecule has 0 spiro atoms. The molecule has 0 aliphatic rings. The van der Waals surface area contributed by atoms with Gasteiger partial charge in [0, 0.05) is 18.9 Å². The molecule has 1 aromatic carbocycles. The fraction of sp³-hybridized carbons (Fsp3) is 0.200. The second kappa shape index (κ2) is 7.32. The molecule has 3 heterocycles. The summed E-state index contributed by atoms with van der Waals surface area (Å²) >= 11 is 6.38. The van der Waals surface area contributed by atoms with Crippen LogP contribution in [0.3, 0.4) is 0 Å². The highest BCUT2D eigenvalue weighted by molar-refractivity contribution is 6.32. The minimum Gasteiger partial charge on any atom is -0.354 e. The molecule has 7 heteroatoms. The first kappa shape index (κ1) is 17.4. The molecule has 0 atom stereocenters. The second-order valence-electron chi connectivity index (χ2n) is 6.44. The lowest BCUT2D eigenvalue weighted by molar-refractivity contribution is 0.951. The third-order valence-corrected chi connectivity index (χ3v) is 4.83. The summed E-state index contributed by atoms with van der Waals surface area (Å²) in [7, 11) is 0. The number of rotatable bonds is 5. The van der Waals surface area contributed by atoms with Gasteiger partial charge in [-0.2, -0.15) is 4.98 Å². The third kappa shape index (κ3) is 3.61. The molecule has 6 nitrogen and oxygen atoms in total. The number of imidazole rings is 1. The third-order valence-electron chi connectivity index (χ3n) is 4.56. The van der Waals surface area contributed by atoms with Crippen LogP contribution in [-0.2, 0) is 6.42 Å². The fourth-order valence-corrected chi connectivity index (χ4v) is 3.10. The van der Waals surface area contributed by atoms with Gasteiger partial charge in [0.1, 0.15) is 11.3 Å². The van der Waals surface area contributed by atoms with Crippen LogP contribution in [0.1, 0.15) is 16.7 Å². The quantitative estimate of drug-likeness (QED) is 0.565. The molecule has 1 N–H and O–H groups in total. The fourth-order valence-electron chi connectivity index (χ4n) is 2.91. The Kier molecular flexibility index (Phi) is 4.73. The highest BCUT2D eigenvalue weighted by atomic mass is 35.5. The van der Waals surface area contributed by atoms with Gasteiger partial charge in [-0.15, -0.1) is 0 Å². The monoisotopic (exact) mass is 378 g/mol. The predicted octanol–water partition coefficient (Wildman–Crippen LogP) is 4.14. The van der Waals surface area contributed by atoms with Crippen LogP contribution in [0.4, 0.5) is 5.95 Å². The summed E-state index contributed by atoms with van der Waals surface area (Å²) in [6, 6.07) is 8.17. The lowest BCUT2D eigenvalue weighted by Crippen LogP contribution is -2.10. The number of hydrogen-bond acceptors (Lipinski definition) is 5. The van der Waals surface area contributed by atoms with E-state index >= 15 is 0 Å². The Morgan fingerprint density at radius 2 is 1.85 bits per heavy atom. The summed E-state index contributed by atoms with van der Waals surface area (Å²) in [5.41, 5.74) is 5.50. The van der Waals surface area contributed by atoms with Crippen molar-refractivity contribution in [3.05, 3.63) is 70.9 Å². The normalized spacial score (nSPS) is 11.1. The smallest absolute Gasteiger partial charge is 0.224 e. The molecule has 0 amide bonds. The number of hydrogen-bond donors (Lipinski definition) is 1. The van der Waals surface area contributed by atoms with Crippen molar-refractivity contribution >= 4 is 28.6 Å². The average Bonchev–Trinajstić information content (AvgIpc) is 3.07. The SMILES string of the molecule is Cc1cc2ncn(-c3nc(NCCc4ccncc4)ncc3Cl)c2cc1C. The van der Waals surface area contributed by atoms with Gasteiger partial charge in [0.2, 0.25) is 5.95 Å². The van der Waals surface area contributed by atoms with Crippen molar-refractivity contribution in [3.8, 4) is 5.82 Å². The van der Waals surface area contributed by atoms with Crippen molar-refractivity contribution in [2.75, 3.05) is 11.9 Å². The number of fused-ring (bicyclic) bond motifs is 1. The molecule has 136 valence electrons. The van der Waals surface area contributed by atoms with E-state index in [1.807, 2.05) is 16.7 Å². The maximum absolute atomic E-state index is 6.38. The van der Waals surface area contributed by atoms with Gasteiger partial charge in [-0.3, -0.25) is 9.55 Å². The van der Waals surface area contributed by atoms with Crippen molar-refractivity contribution in [2.45, 2.75) is 20.3 Å². The van der Waals surface area contributed by atoms with E-state index in [9.17, 15) is 0 Å². The first-order chi connectivity index (χ1) is 13.1. The van der Waals surface area contributed by atoms with Gasteiger partial charge in [-0.05, 0) is 61.2 Å². The Bertz CT molecular complexity index is 1090. The van der Waals surface area contributed by atoms with Crippen molar-refractivity contribution in [2.24, 2.45) is 0 Å². The number of nitrogens with zero attached hydrogens (tertiary/aromatic N) is 5. The predicted molar refractivity (Wildman–Crippen MR) is 108 cm³/mol. The zero-order valence-corrected chi connectivity index (χ0v) is 15.9. The molecular formula is C20H19ClN6. The molecule has 0 saturated carbocycles. The summed E-state index contributed by atoms with van der Waals surface area (Å²) < 4.78 is 1.90. The number of anilines is 1. The van der Waals surface area contributed by atoms with Gasteiger partial charge < -0.3 is 5.32 Å². The molecule has 0 bridgehead atoms. The summed E-state index contributed by atoms with van der Waals surface area (Å²) in [5, 5.41) is 3.74. The van der Waals surface area contributed by atoms with Gasteiger partial charge in [0.15, 0.2) is 5.82 Å². The van der Waals surface area contributed by atoms with Crippen LogP contribution in [0.15, 0.2) is 49.2 Å². The number of pyridine rings is 1. The van der Waals surface area contributed by atoms with Gasteiger partial charge in [0.05, 0.1) is 17.2 Å². The Balaban J connectivity index is 1.60. The van der Waals surface area contributed by atoms with Crippen LogP contribution in [0, 0.1) is 13.8 Å². The van der Waals surface area contributed by atoms with Crippen LogP contribution in [0.2, 0.25) is 5.02 Å². The average molecular weight is 379 g/mol. The highest BCUT2D eigenvalue weighted by Gasteiger charge is 2.12. The van der Waals surface area contributed by atoms with E-state index < -0.39 is 0 Å². The van der Waals surface area contributed by atoms with Crippen molar-refractivity contribution in [3.63, 3.8) is 0 Å². The van der Waals surface area contributed by atoms with Crippen LogP contribution in [0.25, 0.3) is 16.9 Å². The first-order valence-electron chi connectivity index (χ1n) is 8.72. The molecule has 27 heavy (non-hydrogen) atoms. The van der Waals surface area contributed by atoms with E-state index in [1.54, 1.807) is 24.9 Å². The zero-order chi connectivity index (χ0) is 18.8. The number of nitrogens with one attached hydrogen (secondary N) is 1. The van der Waals surface area contributed by atoms with E-state index in [4.69, 9.17) is 11.6 Å². The van der Waals surface area contributed by atoms with E-state index in [-0.39, 0.29) is 0 Å². The second-order valence-corrected chi connectivity index (χ2v) is 6.84. The van der Waals surface area contributed by atoms with Gasteiger partial charge in [-0.25, -0.2) is 9.97 Å². The molecule has 0 saturated heterocycles. The van der Waals surface area contributed by atoms with E-state index in [1.165, 1.54) is 16.7 Å². The molecule has 0 aliphatic carbocycles. The van der Waals surface area contributed by atoms with E-state index in [2.05, 4.69) is 51.2 Å². The van der Waals surface area contributed by atoms with Crippen molar-refractivity contribution in [1.29, 1.82) is 0 Å². The number of aromatic nitrogens is 5. The molecule has 0 radical (unpaired) electrons. The Morgan fingerprint density at radius 1 is 1.07 bits per heavy atom. The maximum Gasteiger partial charge on any atom is 0.224 e. The Labute approximate surface area is 162 Å². The summed E-state index contributed by atoms with van der Waals surface area (Å²) in [4.78, 5) is 17.4. The molecule has 4 aromatic rings. The van der Waals surface area contributed by atoms with Crippen LogP contribution in [-0.4, -0.2) is 31.0 Å². The lowest BCUT2D eigenvalue weighted by Gasteiger charge is -2.10. The molecule has 3 aromatic heterocycles. The first-order valence-corrected chi connectivity index (χ1v) is 9.09. The largest absolute Gasteiger partial charge is 0.354 e. The molecule has 0 unspecified atom stereocenters. The van der Waals surface area contributed by atoms with Crippen molar-refractivity contribution in [1.82, 2.24) is 24.5 Å². The van der Waals surface area contributed by atoms with Crippen molar-refractivity contribution < 1.29 is 0 Å². The summed E-state index contributed by atoms with van der Waals surface area (Å²) in [5.74, 6) is 1.15. The minimum absolute atomic E-state index is 0.479. The zero-order valence-electron chi connectivity index (χ0n) is 15.1. The number of benzene rings is 1. The van der Waals surface area contributed by atoms with E-state index in [0.29, 0.717) is 23.3 Å².